The Morgan fingerprint density at radius 3 is 2.87 bits per heavy atom. The van der Waals surface area contributed by atoms with Gasteiger partial charge in [0.25, 0.3) is 0 Å². The lowest BCUT2D eigenvalue weighted by atomic mass is 10.3. The van der Waals surface area contributed by atoms with Crippen molar-refractivity contribution < 1.29 is 4.79 Å². The summed E-state index contributed by atoms with van der Waals surface area (Å²) in [5.74, 6) is 0.220. The van der Waals surface area contributed by atoms with E-state index in [2.05, 4.69) is 25.1 Å². The number of likely N-dealkylation sites (N-methyl/N-ethyl adjacent to an activating group) is 1. The second-order valence-corrected chi connectivity index (χ2v) is 6.19. The SMILES string of the molecule is Cc1cc(N2CCC(=O)N(CCN(C)C)CC2)c2nncn2n1. The van der Waals surface area contributed by atoms with Gasteiger partial charge in [0.05, 0.1) is 11.4 Å². The van der Waals surface area contributed by atoms with Crippen molar-refractivity contribution in [3.8, 4) is 0 Å². The Labute approximate surface area is 135 Å². The molecule has 0 unspecified atom stereocenters. The molecule has 23 heavy (non-hydrogen) atoms. The second-order valence-electron chi connectivity index (χ2n) is 6.19. The van der Waals surface area contributed by atoms with E-state index in [9.17, 15) is 4.79 Å². The maximum atomic E-state index is 12.3. The molecule has 1 amide bonds. The predicted molar refractivity (Wildman–Crippen MR) is 87.5 cm³/mol. The Hall–Kier alpha value is -2.22. The summed E-state index contributed by atoms with van der Waals surface area (Å²) >= 11 is 0. The molecule has 0 aliphatic carbocycles. The van der Waals surface area contributed by atoms with Crippen LogP contribution in [0.15, 0.2) is 12.4 Å². The number of carbonyl (C=O) groups excluding carboxylic acids is 1. The van der Waals surface area contributed by atoms with E-state index in [0.29, 0.717) is 13.0 Å². The van der Waals surface area contributed by atoms with Gasteiger partial charge in [-0.25, -0.2) is 0 Å². The Balaban J connectivity index is 1.79. The fraction of sp³-hybridized carbons (Fsp3) is 0.600. The van der Waals surface area contributed by atoms with E-state index >= 15 is 0 Å². The van der Waals surface area contributed by atoms with Crippen LogP contribution in [0.25, 0.3) is 5.65 Å². The highest BCUT2D eigenvalue weighted by molar-refractivity contribution is 5.78. The summed E-state index contributed by atoms with van der Waals surface area (Å²) in [6, 6.07) is 2.02. The summed E-state index contributed by atoms with van der Waals surface area (Å²) in [6.45, 7) is 5.84. The zero-order chi connectivity index (χ0) is 16.4. The van der Waals surface area contributed by atoms with Crippen LogP contribution in [-0.2, 0) is 4.79 Å². The molecule has 3 rings (SSSR count). The first-order valence-electron chi connectivity index (χ1n) is 7.90. The van der Waals surface area contributed by atoms with Crippen LogP contribution < -0.4 is 4.90 Å². The largest absolute Gasteiger partial charge is 0.366 e. The molecule has 1 saturated heterocycles. The molecule has 0 radical (unpaired) electrons. The molecule has 1 aliphatic heterocycles. The third kappa shape index (κ3) is 3.42. The molecule has 8 heteroatoms. The minimum atomic E-state index is 0.220. The highest BCUT2D eigenvalue weighted by atomic mass is 16.2. The van der Waals surface area contributed by atoms with E-state index < -0.39 is 0 Å². The van der Waals surface area contributed by atoms with Gasteiger partial charge in [-0.05, 0) is 27.1 Å². The number of amides is 1. The summed E-state index contributed by atoms with van der Waals surface area (Å²) in [7, 11) is 4.05. The van der Waals surface area contributed by atoms with Gasteiger partial charge >= 0.3 is 0 Å². The first kappa shape index (κ1) is 15.7. The summed E-state index contributed by atoms with van der Waals surface area (Å²) in [5, 5.41) is 12.5. The van der Waals surface area contributed by atoms with Gasteiger partial charge in [0, 0.05) is 39.1 Å². The quantitative estimate of drug-likeness (QED) is 0.793. The molecule has 0 spiro atoms. The van der Waals surface area contributed by atoms with Crippen LogP contribution in [0.4, 0.5) is 5.69 Å². The zero-order valence-electron chi connectivity index (χ0n) is 13.9. The Morgan fingerprint density at radius 1 is 1.26 bits per heavy atom. The molecule has 124 valence electrons. The molecular weight excluding hydrogens is 294 g/mol. The van der Waals surface area contributed by atoms with Gasteiger partial charge in [-0.1, -0.05) is 0 Å². The Morgan fingerprint density at radius 2 is 2.09 bits per heavy atom. The highest BCUT2D eigenvalue weighted by Crippen LogP contribution is 2.22. The van der Waals surface area contributed by atoms with Crippen LogP contribution in [-0.4, -0.2) is 82.3 Å². The lowest BCUT2D eigenvalue weighted by molar-refractivity contribution is -0.130. The van der Waals surface area contributed by atoms with Crippen molar-refractivity contribution in [2.24, 2.45) is 0 Å². The highest BCUT2D eigenvalue weighted by Gasteiger charge is 2.23. The van der Waals surface area contributed by atoms with Crippen LogP contribution >= 0.6 is 0 Å². The normalized spacial score (nSPS) is 16.4. The zero-order valence-corrected chi connectivity index (χ0v) is 13.9. The van der Waals surface area contributed by atoms with Crippen molar-refractivity contribution in [2.75, 3.05) is 51.7 Å². The van der Waals surface area contributed by atoms with Gasteiger partial charge in [-0.15, -0.1) is 10.2 Å². The maximum absolute atomic E-state index is 12.3. The van der Waals surface area contributed by atoms with Crippen LogP contribution in [0.3, 0.4) is 0 Å². The van der Waals surface area contributed by atoms with E-state index in [1.807, 2.05) is 32.0 Å². The Bertz CT molecular complexity index is 696. The van der Waals surface area contributed by atoms with Gasteiger partial charge in [0.15, 0.2) is 0 Å². The van der Waals surface area contributed by atoms with Crippen LogP contribution in [0, 0.1) is 6.92 Å². The number of hydrogen-bond acceptors (Lipinski definition) is 6. The molecule has 0 aromatic carbocycles. The van der Waals surface area contributed by atoms with Gasteiger partial charge in [0.2, 0.25) is 11.6 Å². The van der Waals surface area contributed by atoms with Gasteiger partial charge in [-0.2, -0.15) is 9.61 Å². The fourth-order valence-corrected chi connectivity index (χ4v) is 2.83. The first-order valence-corrected chi connectivity index (χ1v) is 7.90. The molecule has 0 saturated carbocycles. The first-order chi connectivity index (χ1) is 11.0. The van der Waals surface area contributed by atoms with Crippen molar-refractivity contribution in [1.29, 1.82) is 0 Å². The van der Waals surface area contributed by atoms with Crippen LogP contribution in [0.2, 0.25) is 0 Å². The summed E-state index contributed by atoms with van der Waals surface area (Å²) in [4.78, 5) is 18.6. The topological polar surface area (TPSA) is 69.9 Å². The third-order valence-corrected chi connectivity index (χ3v) is 4.12. The molecule has 3 heterocycles. The van der Waals surface area contributed by atoms with Gasteiger partial charge in [0.1, 0.15) is 6.33 Å². The number of aryl methyl sites for hydroxylation is 1. The lowest BCUT2D eigenvalue weighted by Crippen LogP contribution is -2.38. The van der Waals surface area contributed by atoms with Crippen molar-refractivity contribution in [1.82, 2.24) is 29.6 Å². The van der Waals surface area contributed by atoms with E-state index in [1.165, 1.54) is 0 Å². The second kappa shape index (κ2) is 6.49. The number of nitrogens with zero attached hydrogens (tertiary/aromatic N) is 7. The van der Waals surface area contributed by atoms with Crippen molar-refractivity contribution in [3.05, 3.63) is 18.1 Å². The Kier molecular flexibility index (Phi) is 4.42. The average molecular weight is 317 g/mol. The van der Waals surface area contributed by atoms with Gasteiger partial charge < -0.3 is 14.7 Å². The molecule has 0 bridgehead atoms. The molecule has 1 fully saturated rings. The molecule has 0 N–H and O–H groups in total. The predicted octanol–water partition coefficient (Wildman–Crippen LogP) is 0.0330. The molecule has 0 atom stereocenters. The number of carbonyl (C=O) groups is 1. The van der Waals surface area contributed by atoms with E-state index in [0.717, 1.165) is 43.2 Å². The standard InChI is InChI=1S/C15H23N7O/c1-12-10-13(15-17-16-11-22(15)18-12)20-5-4-14(23)21(9-8-20)7-6-19(2)3/h10-11H,4-9H2,1-3H3. The van der Waals surface area contributed by atoms with Crippen LogP contribution in [0.1, 0.15) is 12.1 Å². The molecular formula is C15H23N7O. The van der Waals surface area contributed by atoms with Crippen LogP contribution in [0.5, 0.6) is 0 Å². The van der Waals surface area contributed by atoms with Crippen molar-refractivity contribution in [3.63, 3.8) is 0 Å². The average Bonchev–Trinajstić information content (AvgIpc) is 2.88. The molecule has 8 nitrogen and oxygen atoms in total. The van der Waals surface area contributed by atoms with E-state index in [-0.39, 0.29) is 5.91 Å². The van der Waals surface area contributed by atoms with Gasteiger partial charge in [-0.3, -0.25) is 4.79 Å². The summed E-state index contributed by atoms with van der Waals surface area (Å²) < 4.78 is 1.70. The number of anilines is 1. The minimum Gasteiger partial charge on any atom is -0.366 e. The lowest BCUT2D eigenvalue weighted by Gasteiger charge is -2.24. The van der Waals surface area contributed by atoms with Crippen molar-refractivity contribution in [2.45, 2.75) is 13.3 Å². The fourth-order valence-electron chi connectivity index (χ4n) is 2.83. The van der Waals surface area contributed by atoms with E-state index in [1.54, 1.807) is 10.8 Å². The maximum Gasteiger partial charge on any atom is 0.224 e. The smallest absolute Gasteiger partial charge is 0.224 e. The summed E-state index contributed by atoms with van der Waals surface area (Å²) in [6.07, 6.45) is 2.13. The third-order valence-electron chi connectivity index (χ3n) is 4.12. The molecule has 2 aromatic heterocycles. The molecule has 2 aromatic rings. The number of hydrogen-bond donors (Lipinski definition) is 0. The monoisotopic (exact) mass is 317 g/mol. The number of aromatic nitrogens is 4. The summed E-state index contributed by atoms with van der Waals surface area (Å²) in [5.41, 5.74) is 2.65. The minimum absolute atomic E-state index is 0.220. The molecule has 1 aliphatic rings. The number of rotatable bonds is 4. The van der Waals surface area contributed by atoms with Crippen molar-refractivity contribution >= 4 is 17.2 Å². The number of fused-ring (bicyclic) bond motifs is 1. The van der Waals surface area contributed by atoms with E-state index in [4.69, 9.17) is 0 Å².